The average Bonchev–Trinajstić information content (AvgIpc) is 2.17. The van der Waals surface area contributed by atoms with E-state index in [1.165, 1.54) is 5.56 Å². The molecule has 0 radical (unpaired) electrons. The van der Waals surface area contributed by atoms with Crippen molar-refractivity contribution in [2.24, 2.45) is 16.1 Å². The number of nitrogens with zero attached hydrogens (tertiary/aromatic N) is 1. The van der Waals surface area contributed by atoms with Crippen molar-refractivity contribution in [3.8, 4) is 0 Å². The van der Waals surface area contributed by atoms with E-state index in [0.29, 0.717) is 5.84 Å². The highest BCUT2D eigenvalue weighted by molar-refractivity contribution is 5.88. The standard InChI is InChI=1S/C13H20N2/c1-5-10-8-6-7-9-11(10)15-12(14)13(2,3)4/h6-9H,5H2,1-4H3,(H2,14,15). The van der Waals surface area contributed by atoms with Crippen molar-refractivity contribution in [2.45, 2.75) is 34.1 Å². The van der Waals surface area contributed by atoms with Gasteiger partial charge >= 0.3 is 0 Å². The second-order valence-electron chi connectivity index (χ2n) is 4.73. The first kappa shape index (κ1) is 11.8. The molecule has 0 aliphatic heterocycles. The number of hydrogen-bond acceptors (Lipinski definition) is 1. The Morgan fingerprint density at radius 3 is 2.40 bits per heavy atom. The van der Waals surface area contributed by atoms with Gasteiger partial charge in [-0.3, -0.25) is 0 Å². The van der Waals surface area contributed by atoms with E-state index >= 15 is 0 Å². The van der Waals surface area contributed by atoms with Crippen LogP contribution in [-0.2, 0) is 6.42 Å². The van der Waals surface area contributed by atoms with Gasteiger partial charge in [0.2, 0.25) is 0 Å². The van der Waals surface area contributed by atoms with Gasteiger partial charge in [0.05, 0.1) is 5.69 Å². The summed E-state index contributed by atoms with van der Waals surface area (Å²) in [7, 11) is 0. The van der Waals surface area contributed by atoms with Crippen LogP contribution >= 0.6 is 0 Å². The minimum atomic E-state index is -0.0686. The fourth-order valence-corrected chi connectivity index (χ4v) is 1.22. The van der Waals surface area contributed by atoms with Crippen molar-refractivity contribution >= 4 is 11.5 Å². The lowest BCUT2D eigenvalue weighted by atomic mass is 9.95. The first-order valence-electron chi connectivity index (χ1n) is 5.37. The molecule has 0 aliphatic carbocycles. The molecule has 0 unspecified atom stereocenters. The van der Waals surface area contributed by atoms with Crippen molar-refractivity contribution in [1.29, 1.82) is 0 Å². The van der Waals surface area contributed by atoms with Crippen LogP contribution in [0.25, 0.3) is 0 Å². The lowest BCUT2D eigenvalue weighted by molar-refractivity contribution is 0.585. The summed E-state index contributed by atoms with van der Waals surface area (Å²) in [5, 5.41) is 0. The predicted octanol–water partition coefficient (Wildman–Crippen LogP) is 3.28. The third-order valence-corrected chi connectivity index (χ3v) is 2.38. The third-order valence-electron chi connectivity index (χ3n) is 2.38. The second kappa shape index (κ2) is 4.47. The van der Waals surface area contributed by atoms with E-state index in [1.54, 1.807) is 0 Å². The van der Waals surface area contributed by atoms with Crippen molar-refractivity contribution < 1.29 is 0 Å². The molecule has 0 atom stereocenters. The number of aliphatic imine (C=N–C) groups is 1. The van der Waals surface area contributed by atoms with Crippen molar-refractivity contribution in [2.75, 3.05) is 0 Å². The molecule has 15 heavy (non-hydrogen) atoms. The van der Waals surface area contributed by atoms with Crippen LogP contribution < -0.4 is 5.73 Å². The maximum Gasteiger partial charge on any atom is 0.105 e. The maximum absolute atomic E-state index is 5.96. The van der Waals surface area contributed by atoms with Crippen LogP contribution in [0.2, 0.25) is 0 Å². The monoisotopic (exact) mass is 204 g/mol. The van der Waals surface area contributed by atoms with Gasteiger partial charge < -0.3 is 5.73 Å². The van der Waals surface area contributed by atoms with Gasteiger partial charge in [0.15, 0.2) is 0 Å². The largest absolute Gasteiger partial charge is 0.387 e. The highest BCUT2D eigenvalue weighted by atomic mass is 14.9. The Morgan fingerprint density at radius 1 is 1.27 bits per heavy atom. The minimum Gasteiger partial charge on any atom is -0.387 e. The summed E-state index contributed by atoms with van der Waals surface area (Å²) in [4.78, 5) is 4.50. The number of hydrogen-bond donors (Lipinski definition) is 1. The molecule has 0 bridgehead atoms. The molecule has 0 saturated heterocycles. The highest BCUT2D eigenvalue weighted by Gasteiger charge is 2.15. The molecule has 0 heterocycles. The predicted molar refractivity (Wildman–Crippen MR) is 66.6 cm³/mol. The number of para-hydroxylation sites is 1. The summed E-state index contributed by atoms with van der Waals surface area (Å²) in [5.74, 6) is 0.684. The Bertz CT molecular complexity index is 359. The Kier molecular flexibility index (Phi) is 3.51. The fraction of sp³-hybridized carbons (Fsp3) is 0.462. The van der Waals surface area contributed by atoms with E-state index in [9.17, 15) is 0 Å². The molecule has 0 amide bonds. The third kappa shape index (κ3) is 3.08. The topological polar surface area (TPSA) is 38.4 Å². The van der Waals surface area contributed by atoms with Crippen LogP contribution in [-0.4, -0.2) is 5.84 Å². The molecule has 0 spiro atoms. The SMILES string of the molecule is CCc1ccccc1N=C(N)C(C)(C)C. The molecule has 82 valence electrons. The molecule has 0 aliphatic rings. The van der Waals surface area contributed by atoms with Crippen LogP contribution in [0.1, 0.15) is 33.3 Å². The number of amidine groups is 1. The number of aryl methyl sites for hydroxylation is 1. The van der Waals surface area contributed by atoms with Crippen LogP contribution in [0.5, 0.6) is 0 Å². The zero-order chi connectivity index (χ0) is 11.5. The number of nitrogens with two attached hydrogens (primary N) is 1. The lowest BCUT2D eigenvalue weighted by Gasteiger charge is -2.17. The normalized spacial score (nSPS) is 12.9. The first-order valence-corrected chi connectivity index (χ1v) is 5.37. The number of rotatable bonds is 2. The van der Waals surface area contributed by atoms with Gasteiger partial charge in [-0.2, -0.15) is 0 Å². The molecule has 0 saturated carbocycles. The molecule has 2 heteroatoms. The molecule has 2 N–H and O–H groups in total. The molecule has 1 aromatic carbocycles. The Labute approximate surface area is 92.2 Å². The zero-order valence-electron chi connectivity index (χ0n) is 10.0. The lowest BCUT2D eigenvalue weighted by Crippen LogP contribution is -2.28. The number of benzene rings is 1. The molecular formula is C13H20N2. The van der Waals surface area contributed by atoms with E-state index in [4.69, 9.17) is 5.73 Å². The van der Waals surface area contributed by atoms with Gasteiger partial charge in [-0.15, -0.1) is 0 Å². The first-order chi connectivity index (χ1) is 6.95. The van der Waals surface area contributed by atoms with E-state index in [0.717, 1.165) is 12.1 Å². The van der Waals surface area contributed by atoms with E-state index in [-0.39, 0.29) is 5.41 Å². The van der Waals surface area contributed by atoms with Gasteiger partial charge in [0.25, 0.3) is 0 Å². The molecule has 0 fully saturated rings. The van der Waals surface area contributed by atoms with Crippen molar-refractivity contribution in [3.05, 3.63) is 29.8 Å². The van der Waals surface area contributed by atoms with Crippen LogP contribution in [0.3, 0.4) is 0 Å². The summed E-state index contributed by atoms with van der Waals surface area (Å²) >= 11 is 0. The van der Waals surface area contributed by atoms with Crippen molar-refractivity contribution in [1.82, 2.24) is 0 Å². The fourth-order valence-electron chi connectivity index (χ4n) is 1.22. The summed E-state index contributed by atoms with van der Waals surface area (Å²) in [6, 6.07) is 8.13. The average molecular weight is 204 g/mol. The molecular weight excluding hydrogens is 184 g/mol. The minimum absolute atomic E-state index is 0.0686. The second-order valence-corrected chi connectivity index (χ2v) is 4.73. The van der Waals surface area contributed by atoms with Crippen LogP contribution in [0, 0.1) is 5.41 Å². The van der Waals surface area contributed by atoms with Gasteiger partial charge in [-0.25, -0.2) is 4.99 Å². The summed E-state index contributed by atoms with van der Waals surface area (Å²) < 4.78 is 0. The Balaban J connectivity index is 3.08. The smallest absolute Gasteiger partial charge is 0.105 e. The summed E-state index contributed by atoms with van der Waals surface area (Å²) in [6.45, 7) is 8.34. The molecule has 0 aromatic heterocycles. The van der Waals surface area contributed by atoms with E-state index in [2.05, 4.69) is 38.8 Å². The highest BCUT2D eigenvalue weighted by Crippen LogP contribution is 2.22. The van der Waals surface area contributed by atoms with Crippen LogP contribution in [0.15, 0.2) is 29.3 Å². The summed E-state index contributed by atoms with van der Waals surface area (Å²) in [6.07, 6.45) is 0.983. The Morgan fingerprint density at radius 2 is 1.87 bits per heavy atom. The van der Waals surface area contributed by atoms with Gasteiger partial charge in [0, 0.05) is 5.41 Å². The molecule has 2 nitrogen and oxygen atoms in total. The summed E-state index contributed by atoms with van der Waals surface area (Å²) in [5.41, 5.74) is 8.12. The van der Waals surface area contributed by atoms with E-state index < -0.39 is 0 Å². The zero-order valence-corrected chi connectivity index (χ0v) is 10.0. The van der Waals surface area contributed by atoms with Crippen molar-refractivity contribution in [3.63, 3.8) is 0 Å². The van der Waals surface area contributed by atoms with Gasteiger partial charge in [0.1, 0.15) is 5.84 Å². The van der Waals surface area contributed by atoms with E-state index in [1.807, 2.05) is 18.2 Å². The molecule has 1 rings (SSSR count). The van der Waals surface area contributed by atoms with Crippen LogP contribution in [0.4, 0.5) is 5.69 Å². The molecule has 1 aromatic rings. The quantitative estimate of drug-likeness (QED) is 0.582. The maximum atomic E-state index is 5.96. The van der Waals surface area contributed by atoms with Gasteiger partial charge in [-0.1, -0.05) is 45.9 Å². The van der Waals surface area contributed by atoms with Gasteiger partial charge in [-0.05, 0) is 18.1 Å². The Hall–Kier alpha value is -1.31.